The molecule has 1 amide bonds. The number of ether oxygens (including phenoxy) is 1. The summed E-state index contributed by atoms with van der Waals surface area (Å²) in [6, 6.07) is 8.95. The van der Waals surface area contributed by atoms with Crippen LogP contribution < -0.4 is 14.8 Å². The molecule has 3 rings (SSSR count). The number of hydrogen-bond acceptors (Lipinski definition) is 6. The van der Waals surface area contributed by atoms with Gasteiger partial charge in [0.25, 0.3) is 10.0 Å². The Morgan fingerprint density at radius 1 is 1.17 bits per heavy atom. The predicted octanol–water partition coefficient (Wildman–Crippen LogP) is 3.42. The van der Waals surface area contributed by atoms with Crippen molar-refractivity contribution in [1.82, 2.24) is 5.16 Å². The van der Waals surface area contributed by atoms with E-state index in [0.717, 1.165) is 24.3 Å². The molecule has 2 aromatic carbocycles. The normalized spacial score (nSPS) is 11.2. The number of carbonyl (C=O) groups excluding carboxylic acids is 1. The highest BCUT2D eigenvalue weighted by molar-refractivity contribution is 7.92. The zero-order chi connectivity index (χ0) is 21.9. The molecule has 0 unspecified atom stereocenters. The fraction of sp³-hybridized carbons (Fsp3) is 0.200. The van der Waals surface area contributed by atoms with Gasteiger partial charge in [-0.25, -0.2) is 12.8 Å². The first-order valence-electron chi connectivity index (χ1n) is 8.87. The number of benzene rings is 2. The summed E-state index contributed by atoms with van der Waals surface area (Å²) in [6.07, 6.45) is 0.0594. The molecular weight excluding hydrogens is 413 g/mol. The molecule has 0 aliphatic rings. The number of carbonyl (C=O) groups is 1. The van der Waals surface area contributed by atoms with Crippen LogP contribution in [0.25, 0.3) is 0 Å². The van der Waals surface area contributed by atoms with Crippen molar-refractivity contribution < 1.29 is 26.9 Å². The molecule has 0 aliphatic carbocycles. The molecule has 1 heterocycles. The summed E-state index contributed by atoms with van der Waals surface area (Å²) in [5.74, 6) is -0.0500. The topological polar surface area (TPSA) is 111 Å². The molecule has 0 aliphatic heterocycles. The predicted molar refractivity (Wildman–Crippen MR) is 109 cm³/mol. The number of amides is 1. The Hall–Kier alpha value is -3.40. The Morgan fingerprint density at radius 3 is 2.47 bits per heavy atom. The summed E-state index contributed by atoms with van der Waals surface area (Å²) in [6.45, 7) is 3.47. The van der Waals surface area contributed by atoms with E-state index in [0.29, 0.717) is 22.7 Å². The lowest BCUT2D eigenvalue weighted by Gasteiger charge is -2.14. The smallest absolute Gasteiger partial charge is 0.262 e. The van der Waals surface area contributed by atoms with E-state index in [2.05, 4.69) is 15.2 Å². The van der Waals surface area contributed by atoms with Gasteiger partial charge < -0.3 is 14.6 Å². The van der Waals surface area contributed by atoms with Gasteiger partial charge in [0.15, 0.2) is 0 Å². The van der Waals surface area contributed by atoms with Crippen LogP contribution in [0.15, 0.2) is 51.9 Å². The maximum atomic E-state index is 13.1. The third-order valence-corrected chi connectivity index (χ3v) is 5.75. The Bertz CT molecular complexity index is 1150. The van der Waals surface area contributed by atoms with Crippen molar-refractivity contribution in [2.45, 2.75) is 25.2 Å². The largest absolute Gasteiger partial charge is 0.495 e. The van der Waals surface area contributed by atoms with Gasteiger partial charge in [-0.15, -0.1) is 0 Å². The van der Waals surface area contributed by atoms with Gasteiger partial charge in [-0.2, -0.15) is 0 Å². The second-order valence-corrected chi connectivity index (χ2v) is 8.18. The number of aryl methyl sites for hydroxylation is 2. The Labute approximate surface area is 173 Å². The molecule has 0 saturated heterocycles. The number of anilines is 2. The monoisotopic (exact) mass is 433 g/mol. The lowest BCUT2D eigenvalue weighted by molar-refractivity contribution is -0.115. The van der Waals surface area contributed by atoms with E-state index in [1.165, 1.54) is 19.2 Å². The van der Waals surface area contributed by atoms with Gasteiger partial charge >= 0.3 is 0 Å². The molecule has 2 N–H and O–H groups in total. The number of nitrogens with zero attached hydrogens (tertiary/aromatic N) is 1. The second kappa shape index (κ2) is 8.54. The van der Waals surface area contributed by atoms with Crippen molar-refractivity contribution >= 4 is 27.3 Å². The quantitative estimate of drug-likeness (QED) is 0.591. The Balaban J connectivity index is 1.81. The average Bonchev–Trinajstić information content (AvgIpc) is 3.00. The van der Waals surface area contributed by atoms with Gasteiger partial charge in [0.2, 0.25) is 5.91 Å². The van der Waals surface area contributed by atoms with E-state index in [9.17, 15) is 17.6 Å². The highest BCUT2D eigenvalue weighted by Gasteiger charge is 2.18. The van der Waals surface area contributed by atoms with E-state index < -0.39 is 15.8 Å². The maximum Gasteiger partial charge on any atom is 0.262 e. The van der Waals surface area contributed by atoms with E-state index in [4.69, 9.17) is 9.26 Å². The summed E-state index contributed by atoms with van der Waals surface area (Å²) in [4.78, 5) is 12.3. The molecule has 1 aromatic heterocycles. The molecule has 30 heavy (non-hydrogen) atoms. The van der Waals surface area contributed by atoms with Gasteiger partial charge in [-0.1, -0.05) is 5.16 Å². The lowest BCUT2D eigenvalue weighted by atomic mass is 10.1. The van der Waals surface area contributed by atoms with Crippen molar-refractivity contribution in [3.63, 3.8) is 0 Å². The zero-order valence-corrected chi connectivity index (χ0v) is 17.3. The molecule has 8 nitrogen and oxygen atoms in total. The first kappa shape index (κ1) is 21.3. The third-order valence-electron chi connectivity index (χ3n) is 4.37. The number of sulfonamides is 1. The van der Waals surface area contributed by atoms with E-state index in [-0.39, 0.29) is 28.7 Å². The summed E-state index contributed by atoms with van der Waals surface area (Å²) >= 11 is 0. The molecule has 3 aromatic rings. The van der Waals surface area contributed by atoms with Crippen LogP contribution in [0.4, 0.5) is 15.8 Å². The van der Waals surface area contributed by atoms with Gasteiger partial charge in [0.05, 0.1) is 29.8 Å². The summed E-state index contributed by atoms with van der Waals surface area (Å²) in [7, 11) is -2.60. The lowest BCUT2D eigenvalue weighted by Crippen LogP contribution is -2.16. The van der Waals surface area contributed by atoms with E-state index >= 15 is 0 Å². The Morgan fingerprint density at radius 2 is 1.87 bits per heavy atom. The fourth-order valence-corrected chi connectivity index (χ4v) is 3.86. The van der Waals surface area contributed by atoms with Crippen LogP contribution in [-0.4, -0.2) is 26.6 Å². The molecular formula is C20H20FN3O5S. The standard InChI is InChI=1S/C20H20FN3O5S/c1-12-17(13(2)29-23-12)11-20(25)22-15-6-9-19(28-3)18(10-15)24-30(26,27)16-7-4-14(21)5-8-16/h4-10,24H,11H2,1-3H3,(H,22,25). The summed E-state index contributed by atoms with van der Waals surface area (Å²) in [5, 5.41) is 6.53. The third kappa shape index (κ3) is 4.77. The van der Waals surface area contributed by atoms with Crippen LogP contribution in [0, 0.1) is 19.7 Å². The number of rotatable bonds is 7. The molecule has 0 fully saturated rings. The molecule has 0 radical (unpaired) electrons. The SMILES string of the molecule is COc1ccc(NC(=O)Cc2c(C)noc2C)cc1NS(=O)(=O)c1ccc(F)cc1. The number of halogens is 1. The minimum Gasteiger partial charge on any atom is -0.495 e. The number of hydrogen-bond donors (Lipinski definition) is 2. The first-order valence-corrected chi connectivity index (χ1v) is 10.4. The molecule has 158 valence electrons. The minimum absolute atomic E-state index is 0.0594. The van der Waals surface area contributed by atoms with Crippen molar-refractivity contribution in [1.29, 1.82) is 0 Å². The van der Waals surface area contributed by atoms with Crippen molar-refractivity contribution in [2.75, 3.05) is 17.1 Å². The Kier molecular flexibility index (Phi) is 6.06. The summed E-state index contributed by atoms with van der Waals surface area (Å²) in [5.41, 5.74) is 1.81. The van der Waals surface area contributed by atoms with Crippen molar-refractivity contribution in [3.05, 3.63) is 65.3 Å². The van der Waals surface area contributed by atoms with E-state index in [1.54, 1.807) is 19.9 Å². The van der Waals surface area contributed by atoms with Gasteiger partial charge in [-0.3, -0.25) is 9.52 Å². The van der Waals surface area contributed by atoms with Crippen molar-refractivity contribution in [3.8, 4) is 5.75 Å². The van der Waals surface area contributed by atoms with Crippen LogP contribution in [0.1, 0.15) is 17.0 Å². The number of nitrogens with one attached hydrogen (secondary N) is 2. The van der Waals surface area contributed by atoms with Crippen molar-refractivity contribution in [2.24, 2.45) is 0 Å². The zero-order valence-electron chi connectivity index (χ0n) is 16.5. The van der Waals surface area contributed by atoms with Crippen LogP contribution in [0.5, 0.6) is 5.75 Å². The molecule has 0 atom stereocenters. The van der Waals surface area contributed by atoms with Gasteiger partial charge in [-0.05, 0) is 56.3 Å². The highest BCUT2D eigenvalue weighted by Crippen LogP contribution is 2.30. The maximum absolute atomic E-state index is 13.1. The first-order chi connectivity index (χ1) is 14.2. The average molecular weight is 433 g/mol. The van der Waals surface area contributed by atoms with Crippen LogP contribution in [-0.2, 0) is 21.2 Å². The highest BCUT2D eigenvalue weighted by atomic mass is 32.2. The molecule has 0 spiro atoms. The molecule has 0 saturated carbocycles. The number of methoxy groups -OCH3 is 1. The molecule has 0 bridgehead atoms. The van der Waals surface area contributed by atoms with Gasteiger partial charge in [0, 0.05) is 11.3 Å². The number of aromatic nitrogens is 1. The van der Waals surface area contributed by atoms with E-state index in [1.807, 2.05) is 0 Å². The van der Waals surface area contributed by atoms with Crippen LogP contribution in [0.2, 0.25) is 0 Å². The fourth-order valence-electron chi connectivity index (χ4n) is 2.80. The molecule has 10 heteroatoms. The summed E-state index contributed by atoms with van der Waals surface area (Å²) < 4.78 is 51.0. The van der Waals surface area contributed by atoms with Gasteiger partial charge in [0.1, 0.15) is 17.3 Å². The van der Waals surface area contributed by atoms with Crippen LogP contribution >= 0.6 is 0 Å². The second-order valence-electron chi connectivity index (χ2n) is 6.50. The minimum atomic E-state index is -3.99. The van der Waals surface area contributed by atoms with Crippen LogP contribution in [0.3, 0.4) is 0 Å².